The summed E-state index contributed by atoms with van der Waals surface area (Å²) in [4.78, 5) is 15.6. The Labute approximate surface area is 112 Å². The maximum absolute atomic E-state index is 11.4. The molecule has 1 heterocycles. The summed E-state index contributed by atoms with van der Waals surface area (Å²) in [7, 11) is 1.40. The summed E-state index contributed by atoms with van der Waals surface area (Å²) in [6, 6.07) is 13.3. The molecule has 1 aromatic heterocycles. The van der Waals surface area contributed by atoms with E-state index in [0.29, 0.717) is 0 Å². The molecule has 1 N–H and O–H groups in total. The van der Waals surface area contributed by atoms with E-state index in [1.165, 1.54) is 7.11 Å². The third kappa shape index (κ3) is 3.31. The second-order valence-corrected chi connectivity index (χ2v) is 4.21. The molecular formula is C15H16N2O2. The van der Waals surface area contributed by atoms with E-state index < -0.39 is 0 Å². The van der Waals surface area contributed by atoms with E-state index in [1.807, 2.05) is 49.4 Å². The predicted octanol–water partition coefficient (Wildman–Crippen LogP) is 3.10. The molecule has 1 aromatic carbocycles. The molecule has 2 rings (SSSR count). The van der Waals surface area contributed by atoms with Crippen LogP contribution in [0.4, 0.5) is 11.5 Å². The molecule has 4 nitrogen and oxygen atoms in total. The van der Waals surface area contributed by atoms with Crippen LogP contribution in [0.1, 0.15) is 18.4 Å². The number of carbonyl (C=O) groups excluding carboxylic acids is 1. The Bertz CT molecular complexity index is 538. The molecule has 4 heteroatoms. The maximum atomic E-state index is 11.4. The van der Waals surface area contributed by atoms with Crippen molar-refractivity contribution in [3.8, 4) is 0 Å². The van der Waals surface area contributed by atoms with Crippen molar-refractivity contribution in [2.24, 2.45) is 0 Å². The molecule has 0 aliphatic rings. The van der Waals surface area contributed by atoms with Gasteiger partial charge >= 0.3 is 5.97 Å². The Kier molecular flexibility index (Phi) is 4.13. The summed E-state index contributed by atoms with van der Waals surface area (Å²) in [6.45, 7) is 1.83. The average molecular weight is 256 g/mol. The normalized spacial score (nSPS) is 11.7. The van der Waals surface area contributed by atoms with Crippen molar-refractivity contribution in [3.05, 3.63) is 54.2 Å². The highest BCUT2D eigenvalue weighted by molar-refractivity contribution is 5.77. The number of nitrogens with zero attached hydrogens (tertiary/aromatic N) is 1. The quantitative estimate of drug-likeness (QED) is 0.854. The van der Waals surface area contributed by atoms with E-state index in [0.717, 1.165) is 17.1 Å². The molecule has 1 atom stereocenters. The van der Waals surface area contributed by atoms with Crippen molar-refractivity contribution in [2.45, 2.75) is 12.8 Å². The molecule has 0 fully saturated rings. The SMILES string of the molecule is COC(=O)[C@H](C)c1ccc(Nc2ccccn2)cc1. The first-order valence-electron chi connectivity index (χ1n) is 6.06. The number of hydrogen-bond acceptors (Lipinski definition) is 4. The van der Waals surface area contributed by atoms with Gasteiger partial charge < -0.3 is 10.1 Å². The number of esters is 1. The fraction of sp³-hybridized carbons (Fsp3) is 0.200. The van der Waals surface area contributed by atoms with Gasteiger partial charge in [-0.15, -0.1) is 0 Å². The third-order valence-electron chi connectivity index (χ3n) is 2.90. The van der Waals surface area contributed by atoms with E-state index in [2.05, 4.69) is 10.3 Å². The molecule has 0 bridgehead atoms. The van der Waals surface area contributed by atoms with Gasteiger partial charge in [0.2, 0.25) is 0 Å². The number of rotatable bonds is 4. The third-order valence-corrected chi connectivity index (χ3v) is 2.90. The summed E-state index contributed by atoms with van der Waals surface area (Å²) in [5.41, 5.74) is 1.86. The van der Waals surface area contributed by atoms with Crippen LogP contribution in [-0.2, 0) is 9.53 Å². The highest BCUT2D eigenvalue weighted by Crippen LogP contribution is 2.20. The molecule has 0 spiro atoms. The monoisotopic (exact) mass is 256 g/mol. The second kappa shape index (κ2) is 6.00. The Hall–Kier alpha value is -2.36. The summed E-state index contributed by atoms with van der Waals surface area (Å²) < 4.78 is 4.73. The largest absolute Gasteiger partial charge is 0.469 e. The first-order chi connectivity index (χ1) is 9.20. The molecule has 98 valence electrons. The van der Waals surface area contributed by atoms with Crippen molar-refractivity contribution in [1.82, 2.24) is 4.98 Å². The Morgan fingerprint density at radius 2 is 1.95 bits per heavy atom. The number of benzene rings is 1. The summed E-state index contributed by atoms with van der Waals surface area (Å²) in [5.74, 6) is 0.301. The maximum Gasteiger partial charge on any atom is 0.312 e. The number of anilines is 2. The van der Waals surface area contributed by atoms with E-state index in [4.69, 9.17) is 4.74 Å². The molecule has 0 unspecified atom stereocenters. The minimum Gasteiger partial charge on any atom is -0.469 e. The van der Waals surface area contributed by atoms with Crippen LogP contribution < -0.4 is 5.32 Å². The van der Waals surface area contributed by atoms with E-state index in [-0.39, 0.29) is 11.9 Å². The zero-order valence-electron chi connectivity index (χ0n) is 11.0. The van der Waals surface area contributed by atoms with Crippen LogP contribution in [0.25, 0.3) is 0 Å². The minimum absolute atomic E-state index is 0.231. The van der Waals surface area contributed by atoms with Gasteiger partial charge in [-0.3, -0.25) is 4.79 Å². The number of carbonyl (C=O) groups is 1. The first kappa shape index (κ1) is 13.1. The van der Waals surface area contributed by atoms with Gasteiger partial charge in [-0.25, -0.2) is 4.98 Å². The van der Waals surface area contributed by atoms with Gasteiger partial charge in [0.1, 0.15) is 5.82 Å². The summed E-state index contributed by atoms with van der Waals surface area (Å²) >= 11 is 0. The van der Waals surface area contributed by atoms with Crippen LogP contribution >= 0.6 is 0 Å². The Morgan fingerprint density at radius 1 is 1.21 bits per heavy atom. The molecule has 0 aliphatic carbocycles. The van der Waals surface area contributed by atoms with Gasteiger partial charge in [-0.05, 0) is 36.8 Å². The fourth-order valence-corrected chi connectivity index (χ4v) is 1.75. The number of pyridine rings is 1. The molecule has 2 aromatic rings. The van der Waals surface area contributed by atoms with Crippen LogP contribution in [0.5, 0.6) is 0 Å². The zero-order chi connectivity index (χ0) is 13.7. The lowest BCUT2D eigenvalue weighted by atomic mass is 10.0. The number of nitrogens with one attached hydrogen (secondary N) is 1. The van der Waals surface area contributed by atoms with Crippen LogP contribution in [0.3, 0.4) is 0 Å². The fourth-order valence-electron chi connectivity index (χ4n) is 1.75. The lowest BCUT2D eigenvalue weighted by Crippen LogP contribution is -2.10. The van der Waals surface area contributed by atoms with E-state index >= 15 is 0 Å². The number of hydrogen-bond donors (Lipinski definition) is 1. The summed E-state index contributed by atoms with van der Waals surface area (Å²) in [5, 5.41) is 3.19. The van der Waals surface area contributed by atoms with E-state index in [9.17, 15) is 4.79 Å². The highest BCUT2D eigenvalue weighted by Gasteiger charge is 2.14. The van der Waals surface area contributed by atoms with Crippen LogP contribution in [0, 0.1) is 0 Å². The topological polar surface area (TPSA) is 51.2 Å². The van der Waals surface area contributed by atoms with Crippen molar-refractivity contribution >= 4 is 17.5 Å². The van der Waals surface area contributed by atoms with Crippen LogP contribution in [0.2, 0.25) is 0 Å². The number of aromatic nitrogens is 1. The zero-order valence-corrected chi connectivity index (χ0v) is 11.0. The van der Waals surface area contributed by atoms with Crippen molar-refractivity contribution in [2.75, 3.05) is 12.4 Å². The molecule has 0 radical (unpaired) electrons. The van der Waals surface area contributed by atoms with Gasteiger partial charge in [-0.1, -0.05) is 18.2 Å². The Balaban J connectivity index is 2.08. The van der Waals surface area contributed by atoms with Gasteiger partial charge in [0.15, 0.2) is 0 Å². The number of methoxy groups -OCH3 is 1. The lowest BCUT2D eigenvalue weighted by Gasteiger charge is -2.11. The molecular weight excluding hydrogens is 240 g/mol. The number of ether oxygens (including phenoxy) is 1. The molecule has 0 amide bonds. The van der Waals surface area contributed by atoms with Crippen molar-refractivity contribution < 1.29 is 9.53 Å². The summed E-state index contributed by atoms with van der Waals surface area (Å²) in [6.07, 6.45) is 1.73. The van der Waals surface area contributed by atoms with Crippen LogP contribution in [0.15, 0.2) is 48.7 Å². The smallest absolute Gasteiger partial charge is 0.312 e. The first-order valence-corrected chi connectivity index (χ1v) is 6.06. The Morgan fingerprint density at radius 3 is 2.53 bits per heavy atom. The average Bonchev–Trinajstić information content (AvgIpc) is 2.47. The van der Waals surface area contributed by atoms with Gasteiger partial charge in [0, 0.05) is 11.9 Å². The molecule has 0 saturated carbocycles. The lowest BCUT2D eigenvalue weighted by molar-refractivity contribution is -0.141. The van der Waals surface area contributed by atoms with Gasteiger partial charge in [0.25, 0.3) is 0 Å². The van der Waals surface area contributed by atoms with Gasteiger partial charge in [0.05, 0.1) is 13.0 Å². The molecule has 0 saturated heterocycles. The molecule has 19 heavy (non-hydrogen) atoms. The minimum atomic E-state index is -0.256. The predicted molar refractivity (Wildman–Crippen MR) is 74.4 cm³/mol. The van der Waals surface area contributed by atoms with E-state index in [1.54, 1.807) is 6.20 Å². The standard InChI is InChI=1S/C15H16N2O2/c1-11(15(18)19-2)12-6-8-13(9-7-12)17-14-5-3-4-10-16-14/h3-11H,1-2H3,(H,16,17)/t11-/m1/s1. The highest BCUT2D eigenvalue weighted by atomic mass is 16.5. The molecule has 0 aliphatic heterocycles. The second-order valence-electron chi connectivity index (χ2n) is 4.21. The van der Waals surface area contributed by atoms with Gasteiger partial charge in [-0.2, -0.15) is 0 Å². The van der Waals surface area contributed by atoms with Crippen molar-refractivity contribution in [3.63, 3.8) is 0 Å². The van der Waals surface area contributed by atoms with Crippen LogP contribution in [-0.4, -0.2) is 18.1 Å². The van der Waals surface area contributed by atoms with Crippen molar-refractivity contribution in [1.29, 1.82) is 0 Å².